The van der Waals surface area contributed by atoms with Crippen LogP contribution in [0.15, 0.2) is 36.4 Å². The Morgan fingerprint density at radius 1 is 0.719 bits per heavy atom. The number of benzene rings is 2. The van der Waals surface area contributed by atoms with Gasteiger partial charge in [-0.1, -0.05) is 77.4 Å². The Hall–Kier alpha value is -1.96. The van der Waals surface area contributed by atoms with Crippen LogP contribution in [0.25, 0.3) is 0 Å². The second kappa shape index (κ2) is 9.49. The van der Waals surface area contributed by atoms with Crippen LogP contribution >= 0.6 is 0 Å². The zero-order chi connectivity index (χ0) is 23.0. The van der Waals surface area contributed by atoms with Crippen LogP contribution in [0.4, 0.5) is 0 Å². The van der Waals surface area contributed by atoms with E-state index in [1.54, 1.807) is 0 Å². The van der Waals surface area contributed by atoms with Gasteiger partial charge in [-0.2, -0.15) is 0 Å². The van der Waals surface area contributed by atoms with E-state index >= 15 is 0 Å². The summed E-state index contributed by atoms with van der Waals surface area (Å²) in [5.41, 5.74) is 4.46. The van der Waals surface area contributed by atoms with Crippen LogP contribution in [0.3, 0.4) is 0 Å². The number of phenolic OH excluding ortho intramolecular Hbond substituents is 2. The normalized spacial score (nSPS) is 23.9. The molecule has 0 aromatic heterocycles. The lowest BCUT2D eigenvalue weighted by atomic mass is 9.64. The summed E-state index contributed by atoms with van der Waals surface area (Å²) in [6, 6.07) is 12.7. The van der Waals surface area contributed by atoms with Crippen molar-refractivity contribution in [2.45, 2.75) is 96.8 Å². The van der Waals surface area contributed by atoms with Crippen LogP contribution in [0.1, 0.15) is 119 Å². The van der Waals surface area contributed by atoms with Gasteiger partial charge in [0.1, 0.15) is 11.5 Å². The van der Waals surface area contributed by atoms with Crippen LogP contribution < -0.4 is 0 Å². The monoisotopic (exact) mass is 434 g/mol. The van der Waals surface area contributed by atoms with Crippen molar-refractivity contribution in [2.75, 3.05) is 0 Å². The maximum absolute atomic E-state index is 11.1. The van der Waals surface area contributed by atoms with Gasteiger partial charge in [-0.25, -0.2) is 0 Å². The summed E-state index contributed by atoms with van der Waals surface area (Å²) in [7, 11) is 0. The highest BCUT2D eigenvalue weighted by Crippen LogP contribution is 2.50. The van der Waals surface area contributed by atoms with E-state index in [-0.39, 0.29) is 0 Å². The molecule has 2 fully saturated rings. The van der Waals surface area contributed by atoms with Crippen molar-refractivity contribution in [3.8, 4) is 11.5 Å². The summed E-state index contributed by atoms with van der Waals surface area (Å²) in [6.07, 6.45) is 7.52. The quantitative estimate of drug-likeness (QED) is 0.437. The van der Waals surface area contributed by atoms with Crippen LogP contribution in [-0.2, 0) is 0 Å². The molecule has 0 saturated heterocycles. The number of hydrogen-bond donors (Lipinski definition) is 2. The first-order valence-electron chi connectivity index (χ1n) is 12.9. The molecule has 0 spiro atoms. The Kier molecular flexibility index (Phi) is 6.89. The molecule has 3 atom stereocenters. The third kappa shape index (κ3) is 4.43. The fourth-order valence-electron chi connectivity index (χ4n) is 6.22. The largest absolute Gasteiger partial charge is 0.507 e. The minimum atomic E-state index is 0.340. The average Bonchev–Trinajstić information content (AvgIpc) is 2.68. The van der Waals surface area contributed by atoms with Crippen LogP contribution in [-0.4, -0.2) is 10.2 Å². The topological polar surface area (TPSA) is 40.5 Å². The summed E-state index contributed by atoms with van der Waals surface area (Å²) >= 11 is 0. The molecule has 2 aliphatic carbocycles. The van der Waals surface area contributed by atoms with Crippen LogP contribution in [0.5, 0.6) is 11.5 Å². The smallest absolute Gasteiger partial charge is 0.122 e. The van der Waals surface area contributed by atoms with Gasteiger partial charge in [0.05, 0.1) is 0 Å². The first-order chi connectivity index (χ1) is 15.3. The molecule has 0 bridgehead atoms. The molecule has 2 aromatic rings. The molecule has 0 amide bonds. The highest BCUT2D eigenvalue weighted by atomic mass is 16.3. The standard InChI is InChI=1S/C30H42O2/c1-18(2)25-11-7-13-28(29(25)31)21(5)24-16-22(17-24)15-19(3)26-12-8-14-27(30(26)32)20(4)23-9-6-10-23/h7-8,11-14,18-24,31-32H,6,9-10,15-17H2,1-5H3/t19?,20-,21+,22?,24?/m0/s1. The minimum absolute atomic E-state index is 0.340. The van der Waals surface area contributed by atoms with E-state index in [0.29, 0.717) is 47.0 Å². The number of phenols is 2. The van der Waals surface area contributed by atoms with E-state index in [0.717, 1.165) is 34.6 Å². The van der Waals surface area contributed by atoms with Crippen molar-refractivity contribution in [1.82, 2.24) is 0 Å². The molecule has 32 heavy (non-hydrogen) atoms. The predicted octanol–water partition coefficient (Wildman–Crippen LogP) is 8.45. The lowest BCUT2D eigenvalue weighted by molar-refractivity contribution is 0.148. The highest BCUT2D eigenvalue weighted by Gasteiger charge is 2.36. The van der Waals surface area contributed by atoms with Gasteiger partial charge >= 0.3 is 0 Å². The summed E-state index contributed by atoms with van der Waals surface area (Å²) in [5, 5.41) is 21.9. The molecule has 0 aliphatic heterocycles. The van der Waals surface area contributed by atoms with Crippen LogP contribution in [0.2, 0.25) is 0 Å². The molecule has 1 unspecified atom stereocenters. The van der Waals surface area contributed by atoms with Crippen molar-refractivity contribution in [3.05, 3.63) is 58.7 Å². The van der Waals surface area contributed by atoms with Crippen molar-refractivity contribution in [1.29, 1.82) is 0 Å². The van der Waals surface area contributed by atoms with Gasteiger partial charge in [0.2, 0.25) is 0 Å². The molecule has 2 aliphatic rings. The SMILES string of the molecule is CC(C)c1cccc([C@H](C)C2CC(CC(C)c3cccc([C@@H](C)C4CCC4)c3O)C2)c1O. The Bertz CT molecular complexity index is 920. The zero-order valence-electron chi connectivity index (χ0n) is 20.6. The van der Waals surface area contributed by atoms with Crippen LogP contribution in [0, 0.1) is 17.8 Å². The molecule has 2 aromatic carbocycles. The average molecular weight is 435 g/mol. The third-order valence-corrected chi connectivity index (χ3v) is 8.85. The zero-order valence-corrected chi connectivity index (χ0v) is 20.6. The van der Waals surface area contributed by atoms with E-state index < -0.39 is 0 Å². The Morgan fingerprint density at radius 2 is 1.22 bits per heavy atom. The van der Waals surface area contributed by atoms with Gasteiger partial charge < -0.3 is 10.2 Å². The maximum Gasteiger partial charge on any atom is 0.122 e. The van der Waals surface area contributed by atoms with Crippen molar-refractivity contribution >= 4 is 0 Å². The maximum atomic E-state index is 11.1. The Labute approximate surface area is 195 Å². The second-order valence-corrected chi connectivity index (χ2v) is 11.2. The van der Waals surface area contributed by atoms with Gasteiger partial charge in [-0.15, -0.1) is 0 Å². The number of para-hydroxylation sites is 2. The van der Waals surface area contributed by atoms with E-state index in [9.17, 15) is 10.2 Å². The van der Waals surface area contributed by atoms with Crippen molar-refractivity contribution in [3.63, 3.8) is 0 Å². The molecular weight excluding hydrogens is 392 g/mol. The van der Waals surface area contributed by atoms with E-state index in [2.05, 4.69) is 65.0 Å². The molecule has 4 rings (SSSR count). The fourth-order valence-corrected chi connectivity index (χ4v) is 6.22. The first-order valence-corrected chi connectivity index (χ1v) is 12.9. The molecule has 0 heterocycles. The van der Waals surface area contributed by atoms with E-state index in [1.807, 2.05) is 6.07 Å². The lowest BCUT2D eigenvalue weighted by Crippen LogP contribution is -2.29. The molecule has 2 saturated carbocycles. The van der Waals surface area contributed by atoms with Gasteiger partial charge in [0.25, 0.3) is 0 Å². The Balaban J connectivity index is 1.37. The fraction of sp³-hybridized carbons (Fsp3) is 0.600. The molecule has 2 N–H and O–H groups in total. The minimum Gasteiger partial charge on any atom is -0.507 e. The molecule has 2 nitrogen and oxygen atoms in total. The van der Waals surface area contributed by atoms with E-state index in [1.165, 1.54) is 32.1 Å². The number of aromatic hydroxyl groups is 2. The molecule has 0 radical (unpaired) electrons. The molecular formula is C30H42O2. The van der Waals surface area contributed by atoms with Crippen molar-refractivity contribution in [2.24, 2.45) is 17.8 Å². The Morgan fingerprint density at radius 3 is 1.75 bits per heavy atom. The first kappa shape index (κ1) is 23.2. The van der Waals surface area contributed by atoms with Gasteiger partial charge in [0.15, 0.2) is 0 Å². The third-order valence-electron chi connectivity index (χ3n) is 8.85. The summed E-state index contributed by atoms with van der Waals surface area (Å²) in [5.74, 6) is 4.72. The number of hydrogen-bond acceptors (Lipinski definition) is 2. The van der Waals surface area contributed by atoms with E-state index in [4.69, 9.17) is 0 Å². The summed E-state index contributed by atoms with van der Waals surface area (Å²) in [6.45, 7) is 11.1. The highest BCUT2D eigenvalue weighted by molar-refractivity contribution is 5.45. The summed E-state index contributed by atoms with van der Waals surface area (Å²) in [4.78, 5) is 0. The predicted molar refractivity (Wildman–Crippen MR) is 134 cm³/mol. The molecule has 2 heteroatoms. The lowest BCUT2D eigenvalue weighted by Gasteiger charge is -2.41. The number of rotatable bonds is 8. The van der Waals surface area contributed by atoms with Gasteiger partial charge in [-0.3, -0.25) is 0 Å². The van der Waals surface area contributed by atoms with Crippen molar-refractivity contribution < 1.29 is 10.2 Å². The van der Waals surface area contributed by atoms with Gasteiger partial charge in [0, 0.05) is 0 Å². The molecule has 174 valence electrons. The van der Waals surface area contributed by atoms with Gasteiger partial charge in [-0.05, 0) is 95.8 Å². The summed E-state index contributed by atoms with van der Waals surface area (Å²) < 4.78 is 0. The second-order valence-electron chi connectivity index (χ2n) is 11.2.